The lowest BCUT2D eigenvalue weighted by molar-refractivity contribution is 0.148. The molecule has 5 nitrogen and oxygen atoms in total. The molecule has 1 aliphatic heterocycles. The largest absolute Gasteiger partial charge is 0.379 e. The Morgan fingerprint density at radius 1 is 1.26 bits per heavy atom. The summed E-state index contributed by atoms with van der Waals surface area (Å²) >= 11 is 0. The highest BCUT2D eigenvalue weighted by Gasteiger charge is 2.27. The van der Waals surface area contributed by atoms with Gasteiger partial charge in [0.05, 0.1) is 12.6 Å². The van der Waals surface area contributed by atoms with Crippen molar-refractivity contribution in [1.29, 1.82) is 0 Å². The molecule has 0 aromatic heterocycles. The Morgan fingerprint density at radius 2 is 2.05 bits per heavy atom. The van der Waals surface area contributed by atoms with E-state index >= 15 is 0 Å². The molecule has 0 bridgehead atoms. The Hall–Kier alpha value is -0.810. The molecule has 2 amide bonds. The number of hydrogen-bond acceptors (Lipinski definition) is 3. The van der Waals surface area contributed by atoms with Gasteiger partial charge in [-0.05, 0) is 32.2 Å². The maximum atomic E-state index is 12.4. The number of carbonyl (C=O) groups excluding carboxylic acids is 1. The van der Waals surface area contributed by atoms with Gasteiger partial charge in [-0.3, -0.25) is 0 Å². The van der Waals surface area contributed by atoms with Crippen molar-refractivity contribution in [3.63, 3.8) is 0 Å². The van der Waals surface area contributed by atoms with Gasteiger partial charge in [-0.25, -0.2) is 4.79 Å². The van der Waals surface area contributed by atoms with Gasteiger partial charge in [0, 0.05) is 19.2 Å². The van der Waals surface area contributed by atoms with Crippen LogP contribution in [0.1, 0.15) is 44.9 Å². The first-order chi connectivity index (χ1) is 9.31. The van der Waals surface area contributed by atoms with E-state index in [-0.39, 0.29) is 12.1 Å². The van der Waals surface area contributed by atoms with Gasteiger partial charge in [-0.15, -0.1) is 0 Å². The fourth-order valence-corrected chi connectivity index (χ4v) is 3.01. The molecule has 1 saturated carbocycles. The molecule has 1 heterocycles. The number of hydrogen-bond donors (Lipinski definition) is 2. The molecule has 1 atom stereocenters. The Bertz CT molecular complexity index is 274. The minimum Gasteiger partial charge on any atom is -0.379 e. The summed E-state index contributed by atoms with van der Waals surface area (Å²) in [7, 11) is 0. The van der Waals surface area contributed by atoms with E-state index in [9.17, 15) is 4.79 Å². The Kier molecular flexibility index (Phi) is 5.92. The Labute approximate surface area is 115 Å². The molecule has 0 aromatic rings. The topological polar surface area (TPSA) is 67.6 Å². The summed E-state index contributed by atoms with van der Waals surface area (Å²) in [6, 6.07) is 0.676. The molecule has 0 radical (unpaired) electrons. The highest BCUT2D eigenvalue weighted by Crippen LogP contribution is 2.23. The molecule has 1 aliphatic carbocycles. The monoisotopic (exact) mass is 269 g/mol. The van der Waals surface area contributed by atoms with Gasteiger partial charge >= 0.3 is 6.03 Å². The van der Waals surface area contributed by atoms with Crippen LogP contribution in [-0.2, 0) is 4.74 Å². The third-order valence-corrected chi connectivity index (χ3v) is 4.14. The van der Waals surface area contributed by atoms with Gasteiger partial charge in [0.2, 0.25) is 0 Å². The van der Waals surface area contributed by atoms with Crippen LogP contribution in [0.5, 0.6) is 0 Å². The fourth-order valence-electron chi connectivity index (χ4n) is 3.01. The zero-order chi connectivity index (χ0) is 13.5. The minimum absolute atomic E-state index is 0.0795. The van der Waals surface area contributed by atoms with E-state index in [0.717, 1.165) is 38.8 Å². The molecular weight excluding hydrogens is 242 g/mol. The van der Waals surface area contributed by atoms with Gasteiger partial charge in [-0.2, -0.15) is 0 Å². The number of nitrogens with one attached hydrogen (secondary N) is 1. The van der Waals surface area contributed by atoms with Crippen LogP contribution >= 0.6 is 0 Å². The first-order valence-electron chi connectivity index (χ1n) is 7.66. The molecule has 2 aliphatic rings. The fraction of sp³-hybridized carbons (Fsp3) is 0.929. The van der Waals surface area contributed by atoms with Gasteiger partial charge < -0.3 is 20.7 Å². The zero-order valence-electron chi connectivity index (χ0n) is 11.8. The standard InChI is InChI=1S/C14H27N3O2/c15-8-4-9-17(13-5-2-1-3-6-13)14(18)16-12-7-10-19-11-12/h12-13H,1-11,15H2,(H,16,18). The third-order valence-electron chi connectivity index (χ3n) is 4.14. The molecule has 1 saturated heterocycles. The quantitative estimate of drug-likeness (QED) is 0.794. The molecule has 0 spiro atoms. The highest BCUT2D eigenvalue weighted by atomic mass is 16.5. The van der Waals surface area contributed by atoms with Crippen LogP contribution in [0, 0.1) is 0 Å². The van der Waals surface area contributed by atoms with Crippen LogP contribution in [0.4, 0.5) is 4.79 Å². The summed E-state index contributed by atoms with van der Waals surface area (Å²) in [5.41, 5.74) is 5.59. The normalized spacial score (nSPS) is 24.4. The lowest BCUT2D eigenvalue weighted by Crippen LogP contribution is -2.50. The molecule has 110 valence electrons. The van der Waals surface area contributed by atoms with Crippen molar-refractivity contribution in [3.05, 3.63) is 0 Å². The van der Waals surface area contributed by atoms with Crippen LogP contribution in [0.15, 0.2) is 0 Å². The van der Waals surface area contributed by atoms with Crippen molar-refractivity contribution in [3.8, 4) is 0 Å². The number of nitrogens with two attached hydrogens (primary N) is 1. The summed E-state index contributed by atoms with van der Waals surface area (Å²) in [5.74, 6) is 0. The lowest BCUT2D eigenvalue weighted by Gasteiger charge is -2.35. The first-order valence-corrected chi connectivity index (χ1v) is 7.66. The average Bonchev–Trinajstić information content (AvgIpc) is 2.93. The Balaban J connectivity index is 1.88. The van der Waals surface area contributed by atoms with Crippen molar-refractivity contribution < 1.29 is 9.53 Å². The molecule has 5 heteroatoms. The third kappa shape index (κ3) is 4.35. The van der Waals surface area contributed by atoms with Crippen LogP contribution in [-0.4, -0.2) is 49.3 Å². The van der Waals surface area contributed by atoms with Gasteiger partial charge in [-0.1, -0.05) is 19.3 Å². The van der Waals surface area contributed by atoms with E-state index in [4.69, 9.17) is 10.5 Å². The second-order valence-corrected chi connectivity index (χ2v) is 5.64. The van der Waals surface area contributed by atoms with E-state index in [1.165, 1.54) is 19.3 Å². The predicted molar refractivity (Wildman–Crippen MR) is 75.0 cm³/mol. The molecule has 2 fully saturated rings. The van der Waals surface area contributed by atoms with E-state index < -0.39 is 0 Å². The molecule has 19 heavy (non-hydrogen) atoms. The number of carbonyl (C=O) groups is 1. The van der Waals surface area contributed by atoms with Gasteiger partial charge in [0.1, 0.15) is 0 Å². The van der Waals surface area contributed by atoms with E-state index in [1.807, 2.05) is 4.90 Å². The maximum absolute atomic E-state index is 12.4. The highest BCUT2D eigenvalue weighted by molar-refractivity contribution is 5.75. The van der Waals surface area contributed by atoms with Crippen molar-refractivity contribution in [2.75, 3.05) is 26.3 Å². The summed E-state index contributed by atoms with van der Waals surface area (Å²) in [6.07, 6.45) is 7.87. The van der Waals surface area contributed by atoms with Crippen LogP contribution in [0.3, 0.4) is 0 Å². The molecule has 3 N–H and O–H groups in total. The van der Waals surface area contributed by atoms with Crippen molar-refractivity contribution in [1.82, 2.24) is 10.2 Å². The smallest absolute Gasteiger partial charge is 0.317 e. The summed E-state index contributed by atoms with van der Waals surface area (Å²) in [5, 5.41) is 3.11. The number of amides is 2. The molecule has 2 rings (SSSR count). The number of urea groups is 1. The number of ether oxygens (including phenoxy) is 1. The van der Waals surface area contributed by atoms with Gasteiger partial charge in [0.15, 0.2) is 0 Å². The van der Waals surface area contributed by atoms with Crippen LogP contribution in [0.25, 0.3) is 0 Å². The van der Waals surface area contributed by atoms with Crippen LogP contribution < -0.4 is 11.1 Å². The van der Waals surface area contributed by atoms with Crippen LogP contribution in [0.2, 0.25) is 0 Å². The minimum atomic E-state index is 0.0795. The van der Waals surface area contributed by atoms with E-state index in [0.29, 0.717) is 19.2 Å². The molecule has 0 aromatic carbocycles. The predicted octanol–water partition coefficient (Wildman–Crippen LogP) is 1.47. The van der Waals surface area contributed by atoms with E-state index in [2.05, 4.69) is 5.32 Å². The van der Waals surface area contributed by atoms with Gasteiger partial charge in [0.25, 0.3) is 0 Å². The summed E-state index contributed by atoms with van der Waals surface area (Å²) in [6.45, 7) is 2.84. The van der Waals surface area contributed by atoms with Crippen molar-refractivity contribution >= 4 is 6.03 Å². The second kappa shape index (κ2) is 7.70. The van der Waals surface area contributed by atoms with Crippen molar-refractivity contribution in [2.24, 2.45) is 5.73 Å². The zero-order valence-corrected chi connectivity index (χ0v) is 11.8. The van der Waals surface area contributed by atoms with E-state index in [1.54, 1.807) is 0 Å². The molecular formula is C14H27N3O2. The van der Waals surface area contributed by atoms with Crippen molar-refractivity contribution in [2.45, 2.75) is 57.0 Å². The number of rotatable bonds is 5. The second-order valence-electron chi connectivity index (χ2n) is 5.64. The average molecular weight is 269 g/mol. The maximum Gasteiger partial charge on any atom is 0.317 e. The summed E-state index contributed by atoms with van der Waals surface area (Å²) in [4.78, 5) is 14.4. The number of nitrogens with zero attached hydrogens (tertiary/aromatic N) is 1. The Morgan fingerprint density at radius 3 is 2.68 bits per heavy atom. The molecule has 1 unspecified atom stereocenters. The summed E-state index contributed by atoms with van der Waals surface area (Å²) < 4.78 is 5.31. The first kappa shape index (κ1) is 14.6. The lowest BCUT2D eigenvalue weighted by atomic mass is 9.94. The SMILES string of the molecule is NCCCN(C(=O)NC1CCOC1)C1CCCCC1.